The molecule has 0 saturated carbocycles. The van der Waals surface area contributed by atoms with Gasteiger partial charge in [-0.3, -0.25) is 4.90 Å². The summed E-state index contributed by atoms with van der Waals surface area (Å²) in [6.07, 6.45) is 0.103. The lowest BCUT2D eigenvalue weighted by Gasteiger charge is -2.23. The van der Waals surface area contributed by atoms with Gasteiger partial charge in [-0.05, 0) is 12.1 Å². The molecule has 3 aliphatic rings. The molecule has 0 spiro atoms. The van der Waals surface area contributed by atoms with Crippen LogP contribution < -0.4 is 4.90 Å². The molecule has 1 aromatic carbocycles. The van der Waals surface area contributed by atoms with Crippen LogP contribution in [0.5, 0.6) is 0 Å². The minimum absolute atomic E-state index is 0.0517. The van der Waals surface area contributed by atoms with E-state index in [0.717, 1.165) is 0 Å². The van der Waals surface area contributed by atoms with E-state index in [1.807, 2.05) is 12.1 Å². The molecule has 3 aliphatic heterocycles. The average molecular weight is 220 g/mol. The molecule has 4 heteroatoms. The summed E-state index contributed by atoms with van der Waals surface area (Å²) in [4.78, 5) is 1.25. The first kappa shape index (κ1) is 9.13. The summed E-state index contributed by atoms with van der Waals surface area (Å²) >= 11 is 0. The Balaban J connectivity index is 1.88. The van der Waals surface area contributed by atoms with Gasteiger partial charge in [0.05, 0.1) is 11.1 Å². The van der Waals surface area contributed by atoms with Crippen LogP contribution >= 0.6 is 0 Å². The van der Waals surface area contributed by atoms with Gasteiger partial charge in [-0.15, -0.1) is 0 Å². The molecule has 1 aromatic rings. The van der Waals surface area contributed by atoms with Gasteiger partial charge in [-0.2, -0.15) is 0 Å². The highest BCUT2D eigenvalue weighted by molar-refractivity contribution is 5.33. The van der Waals surface area contributed by atoms with Crippen LogP contribution in [0.3, 0.4) is 0 Å². The summed E-state index contributed by atoms with van der Waals surface area (Å²) in [5, 5.41) is 9.59. The minimum Gasteiger partial charge on any atom is -0.390 e. The van der Waals surface area contributed by atoms with Gasteiger partial charge in [0.2, 0.25) is 12.5 Å². The summed E-state index contributed by atoms with van der Waals surface area (Å²) in [6, 6.07) is 8.26. The Morgan fingerprint density at radius 2 is 1.75 bits per heavy atom. The summed E-state index contributed by atoms with van der Waals surface area (Å²) in [5.74, 6) is 0. The fourth-order valence-electron chi connectivity index (χ4n) is 3.25. The monoisotopic (exact) mass is 220 g/mol. The van der Waals surface area contributed by atoms with Gasteiger partial charge in [0, 0.05) is 0 Å². The van der Waals surface area contributed by atoms with E-state index >= 15 is 0 Å². The van der Waals surface area contributed by atoms with E-state index in [2.05, 4.69) is 12.1 Å². The maximum absolute atomic E-state index is 9.59. The Labute approximate surface area is 93.4 Å². The van der Waals surface area contributed by atoms with Crippen LogP contribution in [-0.2, 0) is 9.47 Å². The van der Waals surface area contributed by atoms with Crippen LogP contribution in [-0.4, -0.2) is 30.5 Å². The maximum Gasteiger partial charge on any atom is 0.222 e. The van der Waals surface area contributed by atoms with Crippen molar-refractivity contribution in [3.63, 3.8) is 0 Å². The Kier molecular flexibility index (Phi) is 1.62. The number of aliphatic hydroxyl groups is 1. The van der Waals surface area contributed by atoms with Crippen molar-refractivity contribution in [3.05, 3.63) is 35.4 Å². The van der Waals surface area contributed by atoms with Gasteiger partial charge in [-0.25, -0.2) is 0 Å². The second-order valence-electron chi connectivity index (χ2n) is 4.90. The lowest BCUT2D eigenvalue weighted by atomic mass is 10.0. The number of fused-ring (bicyclic) bond motifs is 3. The molecule has 0 unspecified atom stereocenters. The number of ether oxygens (including phenoxy) is 2. The molecule has 0 bridgehead atoms. The molecule has 2 saturated heterocycles. The summed E-state index contributed by atoms with van der Waals surface area (Å²) < 4.78 is 11.7. The predicted molar refractivity (Wildman–Crippen MR) is 54.6 cm³/mol. The molecular formula is C12H14NO3+. The molecule has 16 heavy (non-hydrogen) atoms. The average Bonchev–Trinajstić information content (AvgIpc) is 2.96. The van der Waals surface area contributed by atoms with Crippen molar-refractivity contribution in [3.8, 4) is 0 Å². The molecule has 4 nitrogen and oxygen atoms in total. The Bertz CT molecular complexity index is 413. The quantitative estimate of drug-likeness (QED) is 0.662. The topological polar surface area (TPSA) is 43.1 Å². The number of benzene rings is 1. The zero-order chi connectivity index (χ0) is 10.8. The second-order valence-corrected chi connectivity index (χ2v) is 4.90. The second kappa shape index (κ2) is 2.84. The van der Waals surface area contributed by atoms with E-state index in [9.17, 15) is 5.11 Å². The highest BCUT2D eigenvalue weighted by Gasteiger charge is 2.65. The molecule has 0 radical (unpaired) electrons. The molecule has 0 amide bonds. The fourth-order valence-corrected chi connectivity index (χ4v) is 3.25. The highest BCUT2D eigenvalue weighted by Crippen LogP contribution is 2.39. The maximum atomic E-state index is 9.59. The normalized spacial score (nSPS) is 43.4. The highest BCUT2D eigenvalue weighted by atomic mass is 16.6. The summed E-state index contributed by atoms with van der Waals surface area (Å²) in [5.41, 5.74) is 2.20. The minimum atomic E-state index is -0.242. The van der Waals surface area contributed by atoms with Crippen LogP contribution in [0.25, 0.3) is 0 Å². The van der Waals surface area contributed by atoms with E-state index in [0.29, 0.717) is 13.2 Å². The van der Waals surface area contributed by atoms with Gasteiger partial charge in [0.25, 0.3) is 0 Å². The van der Waals surface area contributed by atoms with Crippen molar-refractivity contribution in [2.75, 3.05) is 19.8 Å². The molecule has 84 valence electrons. The third-order valence-corrected chi connectivity index (χ3v) is 4.09. The van der Waals surface area contributed by atoms with Crippen molar-refractivity contribution in [2.45, 2.75) is 18.0 Å². The summed E-state index contributed by atoms with van der Waals surface area (Å²) in [7, 11) is 0. The number of nitrogens with one attached hydrogen (secondary N) is 1. The Morgan fingerprint density at radius 3 is 2.25 bits per heavy atom. The van der Waals surface area contributed by atoms with Crippen LogP contribution in [0.1, 0.15) is 23.6 Å². The Morgan fingerprint density at radius 1 is 1.19 bits per heavy atom. The first-order chi connectivity index (χ1) is 7.86. The van der Waals surface area contributed by atoms with Crippen molar-refractivity contribution in [2.24, 2.45) is 0 Å². The number of hydrogen-bond acceptors (Lipinski definition) is 3. The van der Waals surface area contributed by atoms with E-state index in [1.54, 1.807) is 0 Å². The predicted octanol–water partition coefficient (Wildman–Crippen LogP) is -0.626. The van der Waals surface area contributed by atoms with Crippen LogP contribution in [0.15, 0.2) is 24.3 Å². The number of aliphatic hydroxyl groups excluding tert-OH is 1. The fraction of sp³-hybridized carbons (Fsp3) is 0.500. The van der Waals surface area contributed by atoms with Crippen LogP contribution in [0, 0.1) is 0 Å². The molecule has 0 aromatic heterocycles. The standard InChI is InChI=1S/C12H13NO3/c14-5-12-6-15-10-8-3-1-2-4-9(8)11(13(10)12)16-7-12/h1-4,10-11,14H,5-7H2/p+1/t10-,11-/m0/s1. The van der Waals surface area contributed by atoms with Crippen molar-refractivity contribution in [1.29, 1.82) is 0 Å². The number of hydrogen-bond donors (Lipinski definition) is 2. The number of rotatable bonds is 1. The molecule has 3 heterocycles. The lowest BCUT2D eigenvalue weighted by molar-refractivity contribution is -0.994. The van der Waals surface area contributed by atoms with Gasteiger partial charge in [-0.1, -0.05) is 12.1 Å². The molecule has 0 aliphatic carbocycles. The van der Waals surface area contributed by atoms with Gasteiger partial charge in [0.1, 0.15) is 19.8 Å². The van der Waals surface area contributed by atoms with Crippen LogP contribution in [0.4, 0.5) is 0 Å². The summed E-state index contributed by atoms with van der Waals surface area (Å²) in [6.45, 7) is 1.31. The third-order valence-electron chi connectivity index (χ3n) is 4.09. The van der Waals surface area contributed by atoms with E-state index in [1.165, 1.54) is 16.0 Å². The van der Waals surface area contributed by atoms with Gasteiger partial charge in [0.15, 0.2) is 5.54 Å². The van der Waals surface area contributed by atoms with Gasteiger partial charge >= 0.3 is 0 Å². The molecule has 2 fully saturated rings. The molecule has 2 atom stereocenters. The van der Waals surface area contributed by atoms with Crippen molar-refractivity contribution >= 4 is 0 Å². The largest absolute Gasteiger partial charge is 0.390 e. The SMILES string of the molecule is OCC12CO[C@H]3c4ccccc4[C@H](OC1)[NH+]32. The zero-order valence-corrected chi connectivity index (χ0v) is 8.85. The Hall–Kier alpha value is -0.940. The molecule has 4 rings (SSSR count). The number of quaternary nitrogens is 1. The van der Waals surface area contributed by atoms with Crippen LogP contribution in [0.2, 0.25) is 0 Å². The third kappa shape index (κ3) is 0.858. The van der Waals surface area contributed by atoms with Crippen molar-refractivity contribution < 1.29 is 19.5 Å². The molecular weight excluding hydrogens is 206 g/mol. The first-order valence-electron chi connectivity index (χ1n) is 5.66. The lowest BCUT2D eigenvalue weighted by Crippen LogP contribution is -3.16. The van der Waals surface area contributed by atoms with E-state index in [4.69, 9.17) is 9.47 Å². The first-order valence-corrected chi connectivity index (χ1v) is 5.66. The van der Waals surface area contributed by atoms with E-state index in [-0.39, 0.29) is 24.6 Å². The smallest absolute Gasteiger partial charge is 0.222 e. The van der Waals surface area contributed by atoms with Crippen molar-refractivity contribution in [1.82, 2.24) is 0 Å². The van der Waals surface area contributed by atoms with E-state index < -0.39 is 0 Å². The van der Waals surface area contributed by atoms with Gasteiger partial charge < -0.3 is 14.6 Å². The zero-order valence-electron chi connectivity index (χ0n) is 8.85. The molecule has 2 N–H and O–H groups in total.